The molecule has 1 aromatic carbocycles. The maximum Gasteiger partial charge on any atom is 0.254 e. The molecule has 92 valence electrons. The van der Waals surface area contributed by atoms with Crippen LogP contribution in [-0.4, -0.2) is 36.6 Å². The first kappa shape index (κ1) is 12.6. The number of ether oxygens (including phenoxy) is 1. The lowest BCUT2D eigenvalue weighted by Crippen LogP contribution is -2.48. The predicted octanol–water partition coefficient (Wildman–Crippen LogP) is 2.70. The Bertz CT molecular complexity index is 408. The molecule has 2 rings (SSSR count). The lowest BCUT2D eigenvalue weighted by molar-refractivity contribution is -0.00280. The number of morpholine rings is 1. The zero-order chi connectivity index (χ0) is 12.3. The highest BCUT2D eigenvalue weighted by molar-refractivity contribution is 9.10. The van der Waals surface area contributed by atoms with Gasteiger partial charge in [-0.25, -0.2) is 0 Å². The van der Waals surface area contributed by atoms with E-state index in [0.717, 1.165) is 16.5 Å². The van der Waals surface area contributed by atoms with E-state index in [1.807, 2.05) is 29.2 Å². The highest BCUT2D eigenvalue weighted by Crippen LogP contribution is 2.17. The lowest BCUT2D eigenvalue weighted by atomic mass is 10.1. The van der Waals surface area contributed by atoms with Crippen LogP contribution in [0.1, 0.15) is 23.7 Å². The Hall–Kier alpha value is -0.870. The number of halogens is 1. The van der Waals surface area contributed by atoms with E-state index in [9.17, 15) is 4.79 Å². The van der Waals surface area contributed by atoms with E-state index in [1.165, 1.54) is 0 Å². The van der Waals surface area contributed by atoms with Crippen LogP contribution in [0.15, 0.2) is 28.7 Å². The van der Waals surface area contributed by atoms with Gasteiger partial charge in [-0.3, -0.25) is 4.79 Å². The molecule has 0 saturated carbocycles. The summed E-state index contributed by atoms with van der Waals surface area (Å²) < 4.78 is 6.34. The van der Waals surface area contributed by atoms with E-state index in [4.69, 9.17) is 4.74 Å². The first-order valence-corrected chi connectivity index (χ1v) is 6.66. The summed E-state index contributed by atoms with van der Waals surface area (Å²) in [5, 5.41) is 0. The van der Waals surface area contributed by atoms with Gasteiger partial charge < -0.3 is 9.64 Å². The van der Waals surface area contributed by atoms with Crippen molar-refractivity contribution < 1.29 is 9.53 Å². The molecule has 1 aliphatic heterocycles. The largest absolute Gasteiger partial charge is 0.377 e. The zero-order valence-electron chi connectivity index (χ0n) is 9.86. The standard InChI is InChI=1S/C13H16BrNO2/c1-2-12-9-17-7-6-15(12)13(16)10-4-3-5-11(14)8-10/h3-5,8,12H,2,6-7,9H2,1H3. The second kappa shape index (κ2) is 5.65. The van der Waals surface area contributed by atoms with Crippen molar-refractivity contribution in [3.8, 4) is 0 Å². The fourth-order valence-electron chi connectivity index (χ4n) is 2.05. The molecule has 1 aromatic rings. The zero-order valence-corrected chi connectivity index (χ0v) is 11.4. The van der Waals surface area contributed by atoms with E-state index < -0.39 is 0 Å². The topological polar surface area (TPSA) is 29.5 Å². The summed E-state index contributed by atoms with van der Waals surface area (Å²) in [7, 11) is 0. The van der Waals surface area contributed by atoms with Crippen LogP contribution in [-0.2, 0) is 4.74 Å². The SMILES string of the molecule is CCC1COCCN1C(=O)c1cccc(Br)c1. The Labute approximate surface area is 110 Å². The summed E-state index contributed by atoms with van der Waals surface area (Å²) in [4.78, 5) is 14.3. The molecule has 4 heteroatoms. The van der Waals surface area contributed by atoms with Gasteiger partial charge in [0.2, 0.25) is 0 Å². The second-order valence-electron chi connectivity index (χ2n) is 4.15. The Kier molecular flexibility index (Phi) is 4.18. The minimum atomic E-state index is 0.0986. The summed E-state index contributed by atoms with van der Waals surface area (Å²) in [6, 6.07) is 7.74. The molecule has 1 unspecified atom stereocenters. The number of amides is 1. The fourth-order valence-corrected chi connectivity index (χ4v) is 2.45. The molecule has 1 atom stereocenters. The Morgan fingerprint density at radius 2 is 2.41 bits per heavy atom. The lowest BCUT2D eigenvalue weighted by Gasteiger charge is -2.35. The van der Waals surface area contributed by atoms with Gasteiger partial charge in [-0.05, 0) is 24.6 Å². The molecule has 0 bridgehead atoms. The number of hydrogen-bond donors (Lipinski definition) is 0. The summed E-state index contributed by atoms with van der Waals surface area (Å²) in [6.07, 6.45) is 0.930. The molecule has 17 heavy (non-hydrogen) atoms. The number of hydrogen-bond acceptors (Lipinski definition) is 2. The van der Waals surface area contributed by atoms with Crippen LogP contribution < -0.4 is 0 Å². The summed E-state index contributed by atoms with van der Waals surface area (Å²) in [6.45, 7) is 4.05. The van der Waals surface area contributed by atoms with Crippen LogP contribution in [0, 0.1) is 0 Å². The van der Waals surface area contributed by atoms with Crippen molar-refractivity contribution in [2.45, 2.75) is 19.4 Å². The molecule has 0 spiro atoms. The monoisotopic (exact) mass is 297 g/mol. The molecular weight excluding hydrogens is 282 g/mol. The van der Waals surface area contributed by atoms with Crippen molar-refractivity contribution in [3.05, 3.63) is 34.3 Å². The van der Waals surface area contributed by atoms with E-state index >= 15 is 0 Å². The highest BCUT2D eigenvalue weighted by atomic mass is 79.9. The van der Waals surface area contributed by atoms with Gasteiger partial charge in [0.05, 0.1) is 19.3 Å². The number of carbonyl (C=O) groups excluding carboxylic acids is 1. The first-order chi connectivity index (χ1) is 8.22. The molecule has 1 amide bonds. The van der Waals surface area contributed by atoms with Gasteiger partial charge in [-0.2, -0.15) is 0 Å². The maximum atomic E-state index is 12.4. The smallest absolute Gasteiger partial charge is 0.254 e. The average Bonchev–Trinajstić information content (AvgIpc) is 2.38. The second-order valence-corrected chi connectivity index (χ2v) is 5.06. The van der Waals surface area contributed by atoms with Gasteiger partial charge in [0.25, 0.3) is 5.91 Å². The first-order valence-electron chi connectivity index (χ1n) is 5.86. The summed E-state index contributed by atoms with van der Waals surface area (Å²) >= 11 is 3.39. The number of rotatable bonds is 2. The Balaban J connectivity index is 2.18. The Morgan fingerprint density at radius 1 is 1.59 bits per heavy atom. The van der Waals surface area contributed by atoms with Crippen molar-refractivity contribution in [2.75, 3.05) is 19.8 Å². The van der Waals surface area contributed by atoms with Gasteiger partial charge in [-0.15, -0.1) is 0 Å². The molecule has 0 N–H and O–H groups in total. The van der Waals surface area contributed by atoms with Crippen molar-refractivity contribution in [2.24, 2.45) is 0 Å². The minimum absolute atomic E-state index is 0.0986. The number of carbonyl (C=O) groups is 1. The Morgan fingerprint density at radius 3 is 3.12 bits per heavy atom. The normalized spacial score (nSPS) is 20.4. The molecule has 1 aliphatic rings. The number of nitrogens with zero attached hydrogens (tertiary/aromatic N) is 1. The van der Waals surface area contributed by atoms with Gasteiger partial charge in [0.1, 0.15) is 0 Å². The third kappa shape index (κ3) is 2.87. The molecule has 0 aromatic heterocycles. The average molecular weight is 298 g/mol. The molecule has 0 aliphatic carbocycles. The van der Waals surface area contributed by atoms with Gasteiger partial charge >= 0.3 is 0 Å². The predicted molar refractivity (Wildman–Crippen MR) is 70.1 cm³/mol. The van der Waals surface area contributed by atoms with Gasteiger partial charge in [-0.1, -0.05) is 28.9 Å². The van der Waals surface area contributed by atoms with Crippen LogP contribution in [0.2, 0.25) is 0 Å². The van der Waals surface area contributed by atoms with Crippen LogP contribution >= 0.6 is 15.9 Å². The molecular formula is C13H16BrNO2. The quantitative estimate of drug-likeness (QED) is 0.840. The van der Waals surface area contributed by atoms with Gasteiger partial charge in [0, 0.05) is 16.6 Å². The molecule has 0 radical (unpaired) electrons. The van der Waals surface area contributed by atoms with Crippen LogP contribution in [0.5, 0.6) is 0 Å². The van der Waals surface area contributed by atoms with E-state index in [1.54, 1.807) is 0 Å². The van der Waals surface area contributed by atoms with Crippen molar-refractivity contribution in [1.82, 2.24) is 4.90 Å². The highest BCUT2D eigenvalue weighted by Gasteiger charge is 2.26. The van der Waals surface area contributed by atoms with Crippen LogP contribution in [0.25, 0.3) is 0 Å². The van der Waals surface area contributed by atoms with Crippen molar-refractivity contribution >= 4 is 21.8 Å². The molecule has 1 saturated heterocycles. The minimum Gasteiger partial charge on any atom is -0.377 e. The van der Waals surface area contributed by atoms with E-state index in [0.29, 0.717) is 19.8 Å². The van der Waals surface area contributed by atoms with Crippen molar-refractivity contribution in [1.29, 1.82) is 0 Å². The van der Waals surface area contributed by atoms with E-state index in [-0.39, 0.29) is 11.9 Å². The molecule has 1 heterocycles. The van der Waals surface area contributed by atoms with E-state index in [2.05, 4.69) is 22.9 Å². The maximum absolute atomic E-state index is 12.4. The van der Waals surface area contributed by atoms with Crippen LogP contribution in [0.4, 0.5) is 0 Å². The number of benzene rings is 1. The third-order valence-corrected chi connectivity index (χ3v) is 3.52. The van der Waals surface area contributed by atoms with Crippen molar-refractivity contribution in [3.63, 3.8) is 0 Å². The van der Waals surface area contributed by atoms with Gasteiger partial charge in [0.15, 0.2) is 0 Å². The summed E-state index contributed by atoms with van der Waals surface area (Å²) in [5.41, 5.74) is 0.736. The molecule has 1 fully saturated rings. The summed E-state index contributed by atoms with van der Waals surface area (Å²) in [5.74, 6) is 0.0986. The van der Waals surface area contributed by atoms with Crippen LogP contribution in [0.3, 0.4) is 0 Å². The fraction of sp³-hybridized carbons (Fsp3) is 0.462. The third-order valence-electron chi connectivity index (χ3n) is 3.03. The molecule has 3 nitrogen and oxygen atoms in total.